The summed E-state index contributed by atoms with van der Waals surface area (Å²) in [5.74, 6) is 0.338. The van der Waals surface area contributed by atoms with Crippen molar-refractivity contribution in [2.24, 2.45) is 0 Å². The van der Waals surface area contributed by atoms with Gasteiger partial charge in [-0.1, -0.05) is 19.1 Å². The second kappa shape index (κ2) is 5.97. The van der Waals surface area contributed by atoms with Crippen molar-refractivity contribution in [3.63, 3.8) is 0 Å². The van der Waals surface area contributed by atoms with Gasteiger partial charge < -0.3 is 5.32 Å². The molecule has 0 bridgehead atoms. The third-order valence-corrected chi connectivity index (χ3v) is 4.69. The van der Waals surface area contributed by atoms with Crippen molar-refractivity contribution in [2.45, 2.75) is 30.7 Å². The van der Waals surface area contributed by atoms with Gasteiger partial charge in [0.1, 0.15) is 12.1 Å². The summed E-state index contributed by atoms with van der Waals surface area (Å²) in [5.41, 5.74) is 1.25. The van der Waals surface area contributed by atoms with Crippen molar-refractivity contribution in [1.29, 1.82) is 0 Å². The van der Waals surface area contributed by atoms with E-state index >= 15 is 0 Å². The van der Waals surface area contributed by atoms with Crippen LogP contribution in [0.15, 0.2) is 29.4 Å². The van der Waals surface area contributed by atoms with Gasteiger partial charge in [0, 0.05) is 10.6 Å². The van der Waals surface area contributed by atoms with Gasteiger partial charge in [-0.15, -0.1) is 11.8 Å². The third-order valence-electron chi connectivity index (χ3n) is 3.53. The standard InChI is InChI=1S/C15H15F2N3S/c1-2-11-13(17)15(19-8-18-11)20-12-6-7-21-14-9(12)4-3-5-10(14)16/h3-5,8,12H,2,6-7H2,1H3,(H,18,19,20). The zero-order valence-corrected chi connectivity index (χ0v) is 12.4. The third kappa shape index (κ3) is 2.72. The lowest BCUT2D eigenvalue weighted by atomic mass is 10.0. The maximum absolute atomic E-state index is 14.2. The molecule has 1 unspecified atom stereocenters. The topological polar surface area (TPSA) is 37.8 Å². The number of anilines is 1. The monoisotopic (exact) mass is 307 g/mol. The van der Waals surface area contributed by atoms with Gasteiger partial charge in [0.25, 0.3) is 0 Å². The van der Waals surface area contributed by atoms with Crippen molar-refractivity contribution >= 4 is 17.6 Å². The zero-order valence-electron chi connectivity index (χ0n) is 11.6. The van der Waals surface area contributed by atoms with Gasteiger partial charge in [0.05, 0.1) is 11.7 Å². The minimum Gasteiger partial charge on any atom is -0.361 e. The molecule has 0 fully saturated rings. The fourth-order valence-corrected chi connectivity index (χ4v) is 3.60. The summed E-state index contributed by atoms with van der Waals surface area (Å²) >= 11 is 1.50. The van der Waals surface area contributed by atoms with Crippen LogP contribution in [0.2, 0.25) is 0 Å². The van der Waals surface area contributed by atoms with E-state index in [4.69, 9.17) is 0 Å². The van der Waals surface area contributed by atoms with E-state index in [0.717, 1.165) is 17.7 Å². The number of hydrogen-bond donors (Lipinski definition) is 1. The van der Waals surface area contributed by atoms with Crippen LogP contribution >= 0.6 is 11.8 Å². The predicted octanol–water partition coefficient (Wildman–Crippen LogP) is 3.97. The molecule has 110 valence electrons. The van der Waals surface area contributed by atoms with Gasteiger partial charge in [0.15, 0.2) is 11.6 Å². The number of benzene rings is 1. The van der Waals surface area contributed by atoms with Gasteiger partial charge in [-0.2, -0.15) is 0 Å². The highest BCUT2D eigenvalue weighted by atomic mass is 32.2. The molecule has 6 heteroatoms. The first-order chi connectivity index (χ1) is 10.2. The summed E-state index contributed by atoms with van der Waals surface area (Å²) in [6.07, 6.45) is 2.66. The Kier molecular flexibility index (Phi) is 4.05. The molecule has 0 aliphatic carbocycles. The normalized spacial score (nSPS) is 17.4. The maximum atomic E-state index is 14.2. The summed E-state index contributed by atoms with van der Waals surface area (Å²) in [4.78, 5) is 8.54. The molecular weight excluding hydrogens is 292 g/mol. The average molecular weight is 307 g/mol. The Balaban J connectivity index is 1.92. The molecule has 2 heterocycles. The lowest BCUT2D eigenvalue weighted by Gasteiger charge is -2.26. The van der Waals surface area contributed by atoms with E-state index in [-0.39, 0.29) is 17.7 Å². The molecule has 0 spiro atoms. The van der Waals surface area contributed by atoms with E-state index in [1.807, 2.05) is 13.0 Å². The smallest absolute Gasteiger partial charge is 0.186 e. The number of thioether (sulfide) groups is 1. The number of aromatic nitrogens is 2. The fraction of sp³-hybridized carbons (Fsp3) is 0.333. The van der Waals surface area contributed by atoms with Crippen LogP contribution in [0.1, 0.15) is 30.6 Å². The average Bonchev–Trinajstić information content (AvgIpc) is 2.50. The van der Waals surface area contributed by atoms with Gasteiger partial charge in [0.2, 0.25) is 0 Å². The Hall–Kier alpha value is -1.69. The highest BCUT2D eigenvalue weighted by molar-refractivity contribution is 7.99. The van der Waals surface area contributed by atoms with Gasteiger partial charge >= 0.3 is 0 Å². The van der Waals surface area contributed by atoms with E-state index in [1.54, 1.807) is 6.07 Å². The summed E-state index contributed by atoms with van der Waals surface area (Å²) in [7, 11) is 0. The number of aryl methyl sites for hydroxylation is 1. The van der Waals surface area contributed by atoms with E-state index in [1.165, 1.54) is 24.2 Å². The summed E-state index contributed by atoms with van der Waals surface area (Å²) in [6.45, 7) is 1.84. The predicted molar refractivity (Wildman–Crippen MR) is 79.5 cm³/mol. The van der Waals surface area contributed by atoms with Crippen molar-refractivity contribution in [3.05, 3.63) is 47.4 Å². The molecule has 0 amide bonds. The van der Waals surface area contributed by atoms with Crippen molar-refractivity contribution < 1.29 is 8.78 Å². The van der Waals surface area contributed by atoms with Crippen molar-refractivity contribution in [3.8, 4) is 0 Å². The molecule has 2 aromatic rings. The number of nitrogens with zero attached hydrogens (tertiary/aromatic N) is 2. The van der Waals surface area contributed by atoms with Crippen LogP contribution in [-0.4, -0.2) is 15.7 Å². The van der Waals surface area contributed by atoms with E-state index in [0.29, 0.717) is 17.0 Å². The van der Waals surface area contributed by atoms with Gasteiger partial charge in [-0.25, -0.2) is 18.7 Å². The number of nitrogens with one attached hydrogen (secondary N) is 1. The summed E-state index contributed by atoms with van der Waals surface area (Å²) < 4.78 is 28.0. The largest absolute Gasteiger partial charge is 0.361 e. The fourth-order valence-electron chi connectivity index (χ4n) is 2.45. The number of rotatable bonds is 3. The quantitative estimate of drug-likeness (QED) is 0.931. The Morgan fingerprint density at radius 3 is 3.00 bits per heavy atom. The Morgan fingerprint density at radius 1 is 1.33 bits per heavy atom. The Bertz CT molecular complexity index is 663. The molecule has 0 saturated carbocycles. The van der Waals surface area contributed by atoms with Crippen LogP contribution in [0.5, 0.6) is 0 Å². The van der Waals surface area contributed by atoms with Crippen molar-refractivity contribution in [2.75, 3.05) is 11.1 Å². The highest BCUT2D eigenvalue weighted by Crippen LogP contribution is 2.39. The van der Waals surface area contributed by atoms with Crippen molar-refractivity contribution in [1.82, 2.24) is 9.97 Å². The van der Waals surface area contributed by atoms with E-state index in [2.05, 4.69) is 15.3 Å². The molecule has 1 N–H and O–H groups in total. The van der Waals surface area contributed by atoms with Crippen LogP contribution in [0.25, 0.3) is 0 Å². The molecule has 21 heavy (non-hydrogen) atoms. The number of hydrogen-bond acceptors (Lipinski definition) is 4. The highest BCUT2D eigenvalue weighted by Gasteiger charge is 2.24. The van der Waals surface area contributed by atoms with Crippen LogP contribution in [0.3, 0.4) is 0 Å². The molecular formula is C15H15F2N3S. The second-order valence-corrected chi connectivity index (χ2v) is 5.93. The Morgan fingerprint density at radius 2 is 2.19 bits per heavy atom. The first kappa shape index (κ1) is 14.3. The lowest BCUT2D eigenvalue weighted by molar-refractivity contribution is 0.576. The molecule has 3 nitrogen and oxygen atoms in total. The molecule has 0 saturated heterocycles. The molecule has 1 aliphatic heterocycles. The molecule has 1 atom stereocenters. The lowest BCUT2D eigenvalue weighted by Crippen LogP contribution is -2.19. The van der Waals surface area contributed by atoms with E-state index < -0.39 is 5.82 Å². The molecule has 0 radical (unpaired) electrons. The minimum absolute atomic E-state index is 0.133. The van der Waals surface area contributed by atoms with Gasteiger partial charge in [-0.3, -0.25) is 0 Å². The maximum Gasteiger partial charge on any atom is 0.186 e. The zero-order chi connectivity index (χ0) is 14.8. The van der Waals surface area contributed by atoms with Crippen LogP contribution in [-0.2, 0) is 6.42 Å². The second-order valence-electron chi connectivity index (χ2n) is 4.83. The van der Waals surface area contributed by atoms with Crippen LogP contribution in [0.4, 0.5) is 14.6 Å². The number of halogens is 2. The van der Waals surface area contributed by atoms with E-state index in [9.17, 15) is 8.78 Å². The summed E-state index contributed by atoms with van der Waals surface area (Å²) in [6, 6.07) is 4.88. The van der Waals surface area contributed by atoms with Gasteiger partial charge in [-0.05, 0) is 24.5 Å². The molecule has 1 aromatic carbocycles. The first-order valence-corrected chi connectivity index (χ1v) is 7.86. The molecule has 1 aromatic heterocycles. The molecule has 1 aliphatic rings. The minimum atomic E-state index is -0.420. The molecule has 3 rings (SSSR count). The number of fused-ring (bicyclic) bond motifs is 1. The summed E-state index contributed by atoms with van der Waals surface area (Å²) in [5, 5.41) is 3.10. The van der Waals surface area contributed by atoms with Crippen LogP contribution < -0.4 is 5.32 Å². The van der Waals surface area contributed by atoms with Crippen LogP contribution in [0, 0.1) is 11.6 Å². The Labute approximate surface area is 126 Å². The first-order valence-electron chi connectivity index (χ1n) is 6.87. The SMILES string of the molecule is CCc1ncnc(NC2CCSc3c(F)cccc32)c1F.